The van der Waals surface area contributed by atoms with Gasteiger partial charge in [0.2, 0.25) is 0 Å². The number of halogens is 1. The Labute approximate surface area is 157 Å². The van der Waals surface area contributed by atoms with E-state index >= 15 is 0 Å². The zero-order valence-corrected chi connectivity index (χ0v) is 15.0. The number of nitriles is 1. The van der Waals surface area contributed by atoms with Crippen molar-refractivity contribution in [3.63, 3.8) is 0 Å². The largest absolute Gasteiger partial charge is 0.321 e. The van der Waals surface area contributed by atoms with E-state index in [1.165, 1.54) is 12.1 Å². The number of anilines is 1. The third-order valence-corrected chi connectivity index (χ3v) is 4.25. The van der Waals surface area contributed by atoms with Crippen molar-refractivity contribution in [3.8, 4) is 11.8 Å². The third kappa shape index (κ3) is 3.96. The predicted octanol–water partition coefficient (Wildman–Crippen LogP) is 4.78. The van der Waals surface area contributed by atoms with Crippen LogP contribution < -0.4 is 5.32 Å². The Morgan fingerprint density at radius 1 is 1.11 bits per heavy atom. The van der Waals surface area contributed by atoms with Gasteiger partial charge < -0.3 is 9.88 Å². The van der Waals surface area contributed by atoms with E-state index in [1.807, 2.05) is 48.7 Å². The molecule has 0 spiro atoms. The number of hydrogen-bond acceptors (Lipinski definition) is 2. The van der Waals surface area contributed by atoms with Gasteiger partial charge in [0.25, 0.3) is 5.91 Å². The fourth-order valence-corrected chi connectivity index (χ4v) is 2.95. The van der Waals surface area contributed by atoms with Crippen molar-refractivity contribution < 1.29 is 9.18 Å². The van der Waals surface area contributed by atoms with Crippen LogP contribution in [-0.2, 0) is 4.79 Å². The Bertz CT molecular complexity index is 1040. The normalized spacial score (nSPS) is 11.1. The van der Waals surface area contributed by atoms with Gasteiger partial charge in [-0.25, -0.2) is 4.39 Å². The molecule has 2 aromatic carbocycles. The van der Waals surface area contributed by atoms with Crippen LogP contribution in [0.1, 0.15) is 17.0 Å². The molecule has 0 aliphatic rings. The Kier molecular flexibility index (Phi) is 5.18. The summed E-state index contributed by atoms with van der Waals surface area (Å²) in [6.45, 7) is 3.82. The average molecular weight is 359 g/mol. The summed E-state index contributed by atoms with van der Waals surface area (Å²) in [6, 6.07) is 19.0. The highest BCUT2D eigenvalue weighted by molar-refractivity contribution is 6.09. The van der Waals surface area contributed by atoms with Crippen molar-refractivity contribution in [2.45, 2.75) is 13.8 Å². The van der Waals surface area contributed by atoms with E-state index < -0.39 is 5.91 Å². The number of carbonyl (C=O) groups is 1. The standard InChI is InChI=1S/C22H18FN3O/c1-15-12-17(16(2)26(15)21-10-8-19(23)9-11-21)13-18(14-24)22(27)25-20-6-4-3-5-7-20/h3-13H,1-2H3,(H,25,27)/b18-13+. The summed E-state index contributed by atoms with van der Waals surface area (Å²) in [7, 11) is 0. The van der Waals surface area contributed by atoms with Crippen LogP contribution in [0, 0.1) is 31.0 Å². The second kappa shape index (κ2) is 7.71. The van der Waals surface area contributed by atoms with Crippen LogP contribution in [-0.4, -0.2) is 10.5 Å². The molecule has 27 heavy (non-hydrogen) atoms. The summed E-state index contributed by atoms with van der Waals surface area (Å²) >= 11 is 0. The minimum Gasteiger partial charge on any atom is -0.321 e. The predicted molar refractivity (Wildman–Crippen MR) is 104 cm³/mol. The Morgan fingerprint density at radius 3 is 2.41 bits per heavy atom. The number of nitrogens with zero attached hydrogens (tertiary/aromatic N) is 2. The molecule has 3 aromatic rings. The number of aryl methyl sites for hydroxylation is 1. The molecule has 1 amide bonds. The van der Waals surface area contributed by atoms with E-state index in [0.717, 1.165) is 22.6 Å². The molecule has 0 saturated carbocycles. The van der Waals surface area contributed by atoms with E-state index in [4.69, 9.17) is 0 Å². The number of benzene rings is 2. The minimum absolute atomic E-state index is 0.0122. The molecule has 0 radical (unpaired) electrons. The maximum Gasteiger partial charge on any atom is 0.266 e. The summed E-state index contributed by atoms with van der Waals surface area (Å²) in [5.74, 6) is -0.763. The van der Waals surface area contributed by atoms with Gasteiger partial charge in [-0.2, -0.15) is 5.26 Å². The first-order valence-electron chi connectivity index (χ1n) is 8.42. The van der Waals surface area contributed by atoms with Crippen molar-refractivity contribution in [1.82, 2.24) is 4.57 Å². The zero-order chi connectivity index (χ0) is 19.4. The van der Waals surface area contributed by atoms with Gasteiger partial charge in [0.15, 0.2) is 0 Å². The van der Waals surface area contributed by atoms with Crippen LogP contribution in [0.2, 0.25) is 0 Å². The molecule has 0 bridgehead atoms. The first-order chi connectivity index (χ1) is 13.0. The smallest absolute Gasteiger partial charge is 0.266 e. The molecule has 1 heterocycles. The lowest BCUT2D eigenvalue weighted by Gasteiger charge is -2.09. The number of para-hydroxylation sites is 1. The van der Waals surface area contributed by atoms with Crippen molar-refractivity contribution in [2.24, 2.45) is 0 Å². The van der Waals surface area contributed by atoms with E-state index in [2.05, 4.69) is 5.32 Å². The van der Waals surface area contributed by atoms with Gasteiger partial charge in [-0.05, 0) is 68.0 Å². The van der Waals surface area contributed by atoms with Gasteiger partial charge in [0, 0.05) is 22.8 Å². The number of hydrogen-bond donors (Lipinski definition) is 1. The quantitative estimate of drug-likeness (QED) is 0.538. The number of amides is 1. The van der Waals surface area contributed by atoms with Crippen LogP contribution in [0.15, 0.2) is 66.2 Å². The molecule has 0 atom stereocenters. The third-order valence-electron chi connectivity index (χ3n) is 4.25. The van der Waals surface area contributed by atoms with Crippen LogP contribution in [0.25, 0.3) is 11.8 Å². The van der Waals surface area contributed by atoms with Crippen molar-refractivity contribution in [1.29, 1.82) is 5.26 Å². The second-order valence-corrected chi connectivity index (χ2v) is 6.13. The van der Waals surface area contributed by atoms with Gasteiger partial charge in [-0.3, -0.25) is 4.79 Å². The van der Waals surface area contributed by atoms with Gasteiger partial charge in [0.1, 0.15) is 17.5 Å². The lowest BCUT2D eigenvalue weighted by molar-refractivity contribution is -0.112. The van der Waals surface area contributed by atoms with Crippen molar-refractivity contribution >= 4 is 17.7 Å². The number of rotatable bonds is 4. The molecular formula is C22H18FN3O. The lowest BCUT2D eigenvalue weighted by Crippen LogP contribution is -2.13. The summed E-state index contributed by atoms with van der Waals surface area (Å²) < 4.78 is 15.1. The highest BCUT2D eigenvalue weighted by Crippen LogP contribution is 2.23. The second-order valence-electron chi connectivity index (χ2n) is 6.13. The molecular weight excluding hydrogens is 341 g/mol. The number of nitrogens with one attached hydrogen (secondary N) is 1. The maximum absolute atomic E-state index is 13.2. The van der Waals surface area contributed by atoms with E-state index in [1.54, 1.807) is 30.3 Å². The van der Waals surface area contributed by atoms with Gasteiger partial charge in [-0.1, -0.05) is 18.2 Å². The summed E-state index contributed by atoms with van der Waals surface area (Å²) in [4.78, 5) is 12.4. The minimum atomic E-state index is -0.463. The molecule has 5 heteroatoms. The van der Waals surface area contributed by atoms with Crippen LogP contribution >= 0.6 is 0 Å². The zero-order valence-electron chi connectivity index (χ0n) is 15.0. The molecule has 1 aromatic heterocycles. The number of aromatic nitrogens is 1. The highest BCUT2D eigenvalue weighted by Gasteiger charge is 2.14. The van der Waals surface area contributed by atoms with Crippen LogP contribution in [0.5, 0.6) is 0 Å². The summed E-state index contributed by atoms with van der Waals surface area (Å²) in [5.41, 5.74) is 4.00. The Balaban J connectivity index is 1.93. The highest BCUT2D eigenvalue weighted by atomic mass is 19.1. The molecule has 0 fully saturated rings. The topological polar surface area (TPSA) is 57.8 Å². The number of carbonyl (C=O) groups excluding carboxylic acids is 1. The van der Waals surface area contributed by atoms with Crippen LogP contribution in [0.3, 0.4) is 0 Å². The lowest BCUT2D eigenvalue weighted by atomic mass is 10.1. The van der Waals surface area contributed by atoms with Crippen molar-refractivity contribution in [3.05, 3.63) is 89.0 Å². The summed E-state index contributed by atoms with van der Waals surface area (Å²) in [5, 5.41) is 12.1. The summed E-state index contributed by atoms with van der Waals surface area (Å²) in [6.07, 6.45) is 1.57. The molecule has 0 aliphatic carbocycles. The first kappa shape index (κ1) is 18.2. The fourth-order valence-electron chi connectivity index (χ4n) is 2.95. The molecule has 4 nitrogen and oxygen atoms in total. The molecule has 134 valence electrons. The van der Waals surface area contributed by atoms with Gasteiger partial charge in [-0.15, -0.1) is 0 Å². The SMILES string of the molecule is Cc1cc(/C=C(\C#N)C(=O)Nc2ccccc2)c(C)n1-c1ccc(F)cc1. The van der Waals surface area contributed by atoms with E-state index in [0.29, 0.717) is 5.69 Å². The first-order valence-corrected chi connectivity index (χ1v) is 8.42. The van der Waals surface area contributed by atoms with Crippen molar-refractivity contribution in [2.75, 3.05) is 5.32 Å². The molecule has 3 rings (SSSR count). The van der Waals surface area contributed by atoms with Crippen LogP contribution in [0.4, 0.5) is 10.1 Å². The van der Waals surface area contributed by atoms with E-state index in [9.17, 15) is 14.4 Å². The Morgan fingerprint density at radius 2 is 1.78 bits per heavy atom. The molecule has 1 N–H and O–H groups in total. The average Bonchev–Trinajstić information content (AvgIpc) is 2.94. The Hall–Kier alpha value is -3.65. The van der Waals surface area contributed by atoms with Gasteiger partial charge >= 0.3 is 0 Å². The maximum atomic E-state index is 13.2. The molecule has 0 aliphatic heterocycles. The fraction of sp³-hybridized carbons (Fsp3) is 0.0909. The van der Waals surface area contributed by atoms with E-state index in [-0.39, 0.29) is 11.4 Å². The molecule has 0 saturated heterocycles. The van der Waals surface area contributed by atoms with Gasteiger partial charge in [0.05, 0.1) is 0 Å². The monoisotopic (exact) mass is 359 g/mol. The molecule has 0 unspecified atom stereocenters.